The molecule has 1 aliphatic heterocycles. The van der Waals surface area contributed by atoms with E-state index in [1.807, 2.05) is 21.6 Å². The molecule has 1 aliphatic rings. The molecule has 0 radical (unpaired) electrons. The number of rotatable bonds is 66. The molecule has 0 aromatic rings. The maximum Gasteiger partial charge on any atom is 0.305 e. The number of carbonyl (C=O) groups is 1. The first-order valence-electron chi connectivity index (χ1n) is 37.1. The van der Waals surface area contributed by atoms with Gasteiger partial charge >= 0.3 is 5.97 Å². The van der Waals surface area contributed by atoms with Crippen LogP contribution in [0.3, 0.4) is 0 Å². The Hall–Kier alpha value is -1.71. The molecule has 0 spiro atoms. The lowest BCUT2D eigenvalue weighted by Gasteiger charge is -2.34. The number of unbranched alkanes of at least 4 members (excludes halogenated alkanes) is 23. The zero-order chi connectivity index (χ0) is 63.7. The molecule has 0 aliphatic carbocycles. The van der Waals surface area contributed by atoms with Crippen LogP contribution in [0.2, 0.25) is 0 Å². The van der Waals surface area contributed by atoms with Crippen LogP contribution >= 0.6 is 21.6 Å². The predicted molar refractivity (Wildman–Crippen MR) is 388 cm³/mol. The number of hydrogen-bond donors (Lipinski definition) is 4. The fraction of sp³-hybridized carbons (Fsp3) is 0.829. The Kier molecular flexibility index (Phi) is 63.9. The summed E-state index contributed by atoms with van der Waals surface area (Å²) in [4.78, 5) is 22.5. The van der Waals surface area contributed by atoms with Crippen LogP contribution in [0.1, 0.15) is 285 Å². The average molecular weight is 1270 g/mol. The lowest BCUT2D eigenvalue weighted by Crippen LogP contribution is -2.47. The first-order chi connectivity index (χ1) is 43.2. The third-order valence-corrected chi connectivity index (χ3v) is 19.5. The fourth-order valence-electron chi connectivity index (χ4n) is 11.6. The van der Waals surface area contributed by atoms with Crippen molar-refractivity contribution in [2.45, 2.75) is 309 Å². The average Bonchev–Trinajstić information content (AvgIpc) is 3.65. The number of aliphatic hydroxyl groups excluding tert-OH is 4. The molecule has 4 atom stereocenters. The van der Waals surface area contributed by atoms with Gasteiger partial charge in [-0.15, -0.1) is 0 Å². The Morgan fingerprint density at radius 2 is 0.739 bits per heavy atom. The summed E-state index contributed by atoms with van der Waals surface area (Å²) in [6.45, 7) is 19.2. The number of ether oxygens (including phenoxy) is 1. The van der Waals surface area contributed by atoms with Gasteiger partial charge in [-0.3, -0.25) is 24.4 Å². The van der Waals surface area contributed by atoms with E-state index in [4.69, 9.17) is 4.74 Å². The van der Waals surface area contributed by atoms with E-state index in [1.54, 1.807) is 0 Å². The molecule has 0 aromatic carbocycles. The fourth-order valence-corrected chi connectivity index (χ4v) is 13.7. The van der Waals surface area contributed by atoms with Crippen molar-refractivity contribution in [3.05, 3.63) is 72.9 Å². The molecule has 0 aromatic heterocycles. The van der Waals surface area contributed by atoms with Crippen molar-refractivity contribution >= 4 is 27.6 Å². The van der Waals surface area contributed by atoms with Crippen LogP contribution in [-0.4, -0.2) is 167 Å². The van der Waals surface area contributed by atoms with E-state index in [2.05, 4.69) is 120 Å². The Balaban J connectivity index is 2.42. The van der Waals surface area contributed by atoms with Gasteiger partial charge in [0.2, 0.25) is 0 Å². The molecule has 4 unspecified atom stereocenters. The Labute approximate surface area is 552 Å². The molecule has 4 N–H and O–H groups in total. The van der Waals surface area contributed by atoms with E-state index in [0.29, 0.717) is 52.2 Å². The molecular weight excluding hydrogens is 1130 g/mol. The van der Waals surface area contributed by atoms with Crippen LogP contribution < -0.4 is 0 Å². The Morgan fingerprint density at radius 1 is 0.398 bits per heavy atom. The molecule has 10 nitrogen and oxygen atoms in total. The second kappa shape index (κ2) is 66.7. The highest BCUT2D eigenvalue weighted by atomic mass is 33.1. The van der Waals surface area contributed by atoms with Crippen molar-refractivity contribution in [1.82, 2.24) is 19.6 Å². The van der Waals surface area contributed by atoms with Crippen molar-refractivity contribution in [3.8, 4) is 0 Å². The molecule has 1 saturated heterocycles. The minimum atomic E-state index is -0.447. The number of piperazine rings is 1. The smallest absolute Gasteiger partial charge is 0.305 e. The number of nitrogens with zero attached hydrogens (tertiary/aromatic N) is 4. The monoisotopic (exact) mass is 1270 g/mol. The lowest BCUT2D eigenvalue weighted by molar-refractivity contribution is -0.144. The molecule has 1 heterocycles. The van der Waals surface area contributed by atoms with Gasteiger partial charge in [-0.25, -0.2) is 0 Å². The number of esters is 1. The topological polar surface area (TPSA) is 120 Å². The number of carbonyl (C=O) groups excluding carboxylic acids is 1. The van der Waals surface area contributed by atoms with Gasteiger partial charge in [0.05, 0.1) is 24.4 Å². The van der Waals surface area contributed by atoms with Gasteiger partial charge < -0.3 is 25.2 Å². The molecule has 1 fully saturated rings. The second-order valence-electron chi connectivity index (χ2n) is 25.6. The summed E-state index contributed by atoms with van der Waals surface area (Å²) in [6.07, 6.45) is 69.8. The first-order valence-corrected chi connectivity index (χ1v) is 39.6. The highest BCUT2D eigenvalue weighted by Crippen LogP contribution is 2.23. The van der Waals surface area contributed by atoms with E-state index in [1.165, 1.54) is 116 Å². The summed E-state index contributed by atoms with van der Waals surface area (Å²) in [5.74, 6) is 2.09. The van der Waals surface area contributed by atoms with Crippen LogP contribution in [0.25, 0.3) is 0 Å². The summed E-state index contributed by atoms with van der Waals surface area (Å²) in [6, 6.07) is 0. The van der Waals surface area contributed by atoms with Crippen molar-refractivity contribution in [2.24, 2.45) is 0 Å². The third-order valence-electron chi connectivity index (χ3n) is 17.1. The predicted octanol–water partition coefficient (Wildman–Crippen LogP) is 18.6. The van der Waals surface area contributed by atoms with Crippen LogP contribution in [0, 0.1) is 0 Å². The quantitative estimate of drug-likeness (QED) is 0.0201. The molecule has 1 rings (SSSR count). The van der Waals surface area contributed by atoms with Crippen LogP contribution in [0.15, 0.2) is 72.9 Å². The standard InChI is InChI=1S/C76H142N4O6S2/c1-5-9-13-17-21-25-27-29-31-33-35-39-43-47-54-74(83)70-80(71-75(84)55-48-44-40-36-34-32-30-28-26-22-18-14-10-6-2)58-51-56-76(85)86-65-63-77-59-61-78(62-60-77)64-67-88-87-66-50-49-57-79(68-72(81)52-45-41-37-23-19-15-11-7-3)69-73(82)53-46-42-38-24-20-16-12-8-4/h9-10,13-14,21-22,25-26,29-32,72-75,81-84H,5-8,11-12,15-20,23-24,27-28,33-71H2,1-4H3/b13-9-,14-10-,25-21-,26-22-,31-29-,32-30-. The van der Waals surface area contributed by atoms with Gasteiger partial charge in [0, 0.05) is 83.4 Å². The summed E-state index contributed by atoms with van der Waals surface area (Å²) >= 11 is 0. The maximum atomic E-state index is 13.0. The highest BCUT2D eigenvalue weighted by Gasteiger charge is 2.20. The van der Waals surface area contributed by atoms with Gasteiger partial charge in [-0.2, -0.15) is 0 Å². The Morgan fingerprint density at radius 3 is 1.15 bits per heavy atom. The van der Waals surface area contributed by atoms with Gasteiger partial charge in [0.15, 0.2) is 0 Å². The summed E-state index contributed by atoms with van der Waals surface area (Å²) < 4.78 is 5.76. The zero-order valence-corrected chi connectivity index (χ0v) is 59.5. The van der Waals surface area contributed by atoms with Crippen molar-refractivity contribution < 1.29 is 30.0 Å². The maximum absolute atomic E-state index is 13.0. The molecular formula is C76H142N4O6S2. The second-order valence-corrected chi connectivity index (χ2v) is 28.3. The van der Waals surface area contributed by atoms with Crippen LogP contribution in [0.5, 0.6) is 0 Å². The van der Waals surface area contributed by atoms with Gasteiger partial charge in [0.25, 0.3) is 0 Å². The van der Waals surface area contributed by atoms with Crippen molar-refractivity contribution in [3.63, 3.8) is 0 Å². The number of allylic oxidation sites excluding steroid dienone is 12. The van der Waals surface area contributed by atoms with Gasteiger partial charge in [-0.1, -0.05) is 263 Å². The number of hydrogen-bond acceptors (Lipinski definition) is 12. The summed E-state index contributed by atoms with van der Waals surface area (Å²) in [5.41, 5.74) is 0. The van der Waals surface area contributed by atoms with Crippen LogP contribution in [0.4, 0.5) is 0 Å². The normalized spacial score (nSPS) is 15.4. The minimum absolute atomic E-state index is 0.157. The third kappa shape index (κ3) is 59.3. The summed E-state index contributed by atoms with van der Waals surface area (Å²) in [5, 5.41) is 44.4. The number of aliphatic hydroxyl groups is 4. The van der Waals surface area contributed by atoms with Crippen molar-refractivity contribution in [1.29, 1.82) is 0 Å². The molecule has 514 valence electrons. The van der Waals surface area contributed by atoms with Crippen molar-refractivity contribution in [2.75, 3.05) is 96.6 Å². The van der Waals surface area contributed by atoms with E-state index >= 15 is 0 Å². The van der Waals surface area contributed by atoms with E-state index in [9.17, 15) is 25.2 Å². The Bertz CT molecular complexity index is 1570. The summed E-state index contributed by atoms with van der Waals surface area (Å²) in [7, 11) is 3.98. The molecule has 88 heavy (non-hydrogen) atoms. The molecule has 0 bridgehead atoms. The zero-order valence-electron chi connectivity index (χ0n) is 57.8. The van der Waals surface area contributed by atoms with Crippen LogP contribution in [-0.2, 0) is 9.53 Å². The van der Waals surface area contributed by atoms with Gasteiger partial charge in [0.1, 0.15) is 6.61 Å². The first kappa shape index (κ1) is 84.3. The largest absolute Gasteiger partial charge is 0.464 e. The minimum Gasteiger partial charge on any atom is -0.464 e. The molecule has 0 saturated carbocycles. The highest BCUT2D eigenvalue weighted by molar-refractivity contribution is 8.76. The van der Waals surface area contributed by atoms with Gasteiger partial charge in [-0.05, 0) is 122 Å². The lowest BCUT2D eigenvalue weighted by atomic mass is 10.0. The molecule has 0 amide bonds. The van der Waals surface area contributed by atoms with E-state index < -0.39 is 12.2 Å². The molecule has 12 heteroatoms. The SMILES string of the molecule is CC/C=C\C/C=C\C/C=C\CCCCCCC(O)CN(CCCC(=O)OCCN1CCN(CCSSCCCCN(CC(O)CCCCCCCCCC)CC(O)CCCCCCCCCC)CC1)CC(O)CCCCCC/C=C\C/C=C\C/C=C\CC. The van der Waals surface area contributed by atoms with E-state index in [-0.39, 0.29) is 18.2 Å². The van der Waals surface area contributed by atoms with E-state index in [0.717, 1.165) is 186 Å².